The van der Waals surface area contributed by atoms with Gasteiger partial charge in [-0.05, 0) is 25.3 Å². The number of rotatable bonds is 6. The number of nitrogens with zero attached hydrogens (tertiary/aromatic N) is 4. The van der Waals surface area contributed by atoms with E-state index < -0.39 is 5.82 Å². The second-order valence-electron chi connectivity index (χ2n) is 6.72. The molecule has 6 nitrogen and oxygen atoms in total. The first-order valence-electron chi connectivity index (χ1n) is 9.83. The van der Waals surface area contributed by atoms with Crippen LogP contribution in [0.3, 0.4) is 0 Å². The molecule has 1 fully saturated rings. The summed E-state index contributed by atoms with van der Waals surface area (Å²) in [5.74, 6) is 1.38. The SMILES string of the molecule is CCCCSN1CCCC1.CNc1nc(-c2c[nH]c3ncc(Cl)cc23)ncc1F. The quantitative estimate of drug-likeness (QED) is 0.399. The van der Waals surface area contributed by atoms with Crippen molar-refractivity contribution in [3.05, 3.63) is 35.5 Å². The predicted octanol–water partition coefficient (Wildman–Crippen LogP) is 5.38. The van der Waals surface area contributed by atoms with Gasteiger partial charge in [0.05, 0.1) is 11.2 Å². The topological polar surface area (TPSA) is 69.7 Å². The maximum Gasteiger partial charge on any atom is 0.183 e. The highest BCUT2D eigenvalue weighted by atomic mass is 35.5. The van der Waals surface area contributed by atoms with Gasteiger partial charge in [-0.3, -0.25) is 4.31 Å². The van der Waals surface area contributed by atoms with Gasteiger partial charge in [0.15, 0.2) is 17.5 Å². The summed E-state index contributed by atoms with van der Waals surface area (Å²) in [5, 5.41) is 3.99. The molecule has 2 N–H and O–H groups in total. The first kappa shape index (κ1) is 21.8. The number of aromatic nitrogens is 4. The second kappa shape index (κ2) is 10.8. The lowest BCUT2D eigenvalue weighted by Gasteiger charge is -2.11. The van der Waals surface area contributed by atoms with Gasteiger partial charge in [0.25, 0.3) is 0 Å². The van der Waals surface area contributed by atoms with Crippen LogP contribution in [0.2, 0.25) is 5.02 Å². The number of aromatic amines is 1. The summed E-state index contributed by atoms with van der Waals surface area (Å²) in [5.41, 5.74) is 1.40. The van der Waals surface area contributed by atoms with Crippen molar-refractivity contribution < 1.29 is 4.39 Å². The molecule has 0 saturated carbocycles. The molecule has 29 heavy (non-hydrogen) atoms. The summed E-state index contributed by atoms with van der Waals surface area (Å²) < 4.78 is 15.9. The largest absolute Gasteiger partial charge is 0.371 e. The number of hydrogen-bond donors (Lipinski definition) is 2. The van der Waals surface area contributed by atoms with Gasteiger partial charge in [-0.15, -0.1) is 0 Å². The third kappa shape index (κ3) is 5.81. The van der Waals surface area contributed by atoms with Gasteiger partial charge >= 0.3 is 0 Å². The van der Waals surface area contributed by atoms with Crippen LogP contribution in [0.15, 0.2) is 24.7 Å². The van der Waals surface area contributed by atoms with E-state index in [9.17, 15) is 4.39 Å². The van der Waals surface area contributed by atoms with E-state index in [0.717, 1.165) is 17.1 Å². The zero-order chi connectivity index (χ0) is 20.6. The van der Waals surface area contributed by atoms with Crippen LogP contribution < -0.4 is 5.32 Å². The van der Waals surface area contributed by atoms with E-state index in [1.54, 1.807) is 25.5 Å². The fraction of sp³-hybridized carbons (Fsp3) is 0.450. The Morgan fingerprint density at radius 3 is 2.79 bits per heavy atom. The van der Waals surface area contributed by atoms with Crippen molar-refractivity contribution in [3.8, 4) is 11.4 Å². The van der Waals surface area contributed by atoms with Crippen molar-refractivity contribution in [1.82, 2.24) is 24.2 Å². The lowest BCUT2D eigenvalue weighted by molar-refractivity contribution is 0.585. The summed E-state index contributed by atoms with van der Waals surface area (Å²) in [7, 11) is 1.60. The van der Waals surface area contributed by atoms with Crippen LogP contribution in [0.5, 0.6) is 0 Å². The Balaban J connectivity index is 0.000000204. The highest BCUT2D eigenvalue weighted by Gasteiger charge is 2.13. The Bertz CT molecular complexity index is 928. The Kier molecular flexibility index (Phi) is 8.09. The number of unbranched alkanes of at least 4 members (excludes halogenated alkanes) is 1. The lowest BCUT2D eigenvalue weighted by Crippen LogP contribution is -2.09. The van der Waals surface area contributed by atoms with E-state index in [-0.39, 0.29) is 5.82 Å². The first-order chi connectivity index (χ1) is 14.1. The Labute approximate surface area is 179 Å². The van der Waals surface area contributed by atoms with Gasteiger partial charge in [0, 0.05) is 49.2 Å². The van der Waals surface area contributed by atoms with Gasteiger partial charge in [0.2, 0.25) is 0 Å². The molecule has 0 aliphatic carbocycles. The molecule has 156 valence electrons. The minimum absolute atomic E-state index is 0.148. The van der Waals surface area contributed by atoms with Gasteiger partial charge in [-0.25, -0.2) is 19.3 Å². The number of H-pyrrole nitrogens is 1. The van der Waals surface area contributed by atoms with Crippen LogP contribution in [-0.4, -0.2) is 50.1 Å². The Morgan fingerprint density at radius 2 is 2.07 bits per heavy atom. The Hall–Kier alpha value is -1.90. The van der Waals surface area contributed by atoms with Crippen LogP contribution >= 0.6 is 23.5 Å². The molecule has 0 unspecified atom stereocenters. The smallest absolute Gasteiger partial charge is 0.183 e. The lowest BCUT2D eigenvalue weighted by atomic mass is 10.2. The van der Waals surface area contributed by atoms with Crippen LogP contribution in [0.4, 0.5) is 10.2 Å². The van der Waals surface area contributed by atoms with Crippen molar-refractivity contribution in [2.45, 2.75) is 32.6 Å². The highest BCUT2D eigenvalue weighted by Crippen LogP contribution is 2.28. The van der Waals surface area contributed by atoms with Crippen molar-refractivity contribution in [1.29, 1.82) is 0 Å². The summed E-state index contributed by atoms with van der Waals surface area (Å²) in [6.07, 6.45) is 9.95. The first-order valence-corrected chi connectivity index (χ1v) is 11.2. The minimum Gasteiger partial charge on any atom is -0.371 e. The second-order valence-corrected chi connectivity index (χ2v) is 8.33. The normalized spacial score (nSPS) is 14.1. The van der Waals surface area contributed by atoms with E-state index in [0.29, 0.717) is 16.5 Å². The molecule has 0 amide bonds. The number of nitrogens with one attached hydrogen (secondary N) is 2. The van der Waals surface area contributed by atoms with Crippen LogP contribution in [0, 0.1) is 5.82 Å². The van der Waals surface area contributed by atoms with Crippen LogP contribution in [0.25, 0.3) is 22.4 Å². The number of halogens is 2. The molecule has 1 aliphatic rings. The van der Waals surface area contributed by atoms with Gasteiger partial charge < -0.3 is 10.3 Å². The summed E-state index contributed by atoms with van der Waals surface area (Å²) >= 11 is 7.97. The van der Waals surface area contributed by atoms with Crippen molar-refractivity contribution >= 4 is 40.4 Å². The molecule has 1 saturated heterocycles. The highest BCUT2D eigenvalue weighted by molar-refractivity contribution is 7.97. The molecule has 4 rings (SSSR count). The van der Waals surface area contributed by atoms with E-state index in [4.69, 9.17) is 11.6 Å². The average molecular weight is 437 g/mol. The molecule has 0 bridgehead atoms. The number of fused-ring (bicyclic) bond motifs is 1. The molecule has 3 aromatic heterocycles. The van der Waals surface area contributed by atoms with Gasteiger partial charge in [-0.2, -0.15) is 0 Å². The standard InChI is InChI=1S/C12H9ClFN5.C8H17NS/c1-15-12-9(14)5-18-11(19-12)8-4-17-10-7(8)2-6(13)3-16-10;1-2-3-8-10-9-6-4-5-7-9/h2-5H,1H3,(H,16,17)(H,15,18,19);2-8H2,1H3. The molecule has 3 aromatic rings. The van der Waals surface area contributed by atoms with E-state index >= 15 is 0 Å². The third-order valence-electron chi connectivity index (χ3n) is 4.56. The zero-order valence-corrected chi connectivity index (χ0v) is 18.3. The van der Waals surface area contributed by atoms with Crippen molar-refractivity contribution in [2.75, 3.05) is 31.2 Å². The molecule has 0 spiro atoms. The third-order valence-corrected chi connectivity index (χ3v) is 5.96. The van der Waals surface area contributed by atoms with Crippen molar-refractivity contribution in [2.24, 2.45) is 0 Å². The average Bonchev–Trinajstić information content (AvgIpc) is 3.39. The Morgan fingerprint density at radius 1 is 1.28 bits per heavy atom. The van der Waals surface area contributed by atoms with Gasteiger partial charge in [0.1, 0.15) is 5.65 Å². The molecular weight excluding hydrogens is 411 g/mol. The maximum atomic E-state index is 13.4. The molecule has 1 aliphatic heterocycles. The minimum atomic E-state index is -0.498. The van der Waals surface area contributed by atoms with E-state index in [1.807, 2.05) is 11.9 Å². The monoisotopic (exact) mass is 436 g/mol. The summed E-state index contributed by atoms with van der Waals surface area (Å²) in [4.78, 5) is 15.3. The summed E-state index contributed by atoms with van der Waals surface area (Å²) in [6, 6.07) is 1.77. The van der Waals surface area contributed by atoms with Crippen LogP contribution in [0.1, 0.15) is 32.6 Å². The number of hydrogen-bond acceptors (Lipinski definition) is 6. The molecule has 0 radical (unpaired) electrons. The molecule has 4 heterocycles. The van der Waals surface area contributed by atoms with E-state index in [2.05, 4.69) is 36.5 Å². The van der Waals surface area contributed by atoms with Gasteiger partial charge in [-0.1, -0.05) is 36.9 Å². The van der Waals surface area contributed by atoms with Crippen molar-refractivity contribution in [3.63, 3.8) is 0 Å². The molecule has 9 heteroatoms. The predicted molar refractivity (Wildman–Crippen MR) is 120 cm³/mol. The molecule has 0 atom stereocenters. The molecular formula is C20H26ClFN6S. The zero-order valence-electron chi connectivity index (χ0n) is 16.7. The number of anilines is 1. The maximum absolute atomic E-state index is 13.4. The van der Waals surface area contributed by atoms with Crippen LogP contribution in [-0.2, 0) is 0 Å². The summed E-state index contributed by atoms with van der Waals surface area (Å²) in [6.45, 7) is 4.91. The fourth-order valence-corrected chi connectivity index (χ4v) is 4.34. The molecule has 0 aromatic carbocycles. The fourth-order valence-electron chi connectivity index (χ4n) is 2.99. The number of pyridine rings is 1. The van der Waals surface area contributed by atoms with E-state index in [1.165, 1.54) is 44.5 Å².